The van der Waals surface area contributed by atoms with Gasteiger partial charge in [-0.3, -0.25) is 9.79 Å². The van der Waals surface area contributed by atoms with Gasteiger partial charge in [0.1, 0.15) is 5.65 Å². The van der Waals surface area contributed by atoms with Crippen LogP contribution in [-0.4, -0.2) is 46.2 Å². The van der Waals surface area contributed by atoms with Crippen molar-refractivity contribution in [2.75, 3.05) is 20.1 Å². The summed E-state index contributed by atoms with van der Waals surface area (Å²) in [6.45, 7) is 3.17. The Kier molecular flexibility index (Phi) is 4.69. The molecule has 0 saturated carbocycles. The number of nitrogens with two attached hydrogens (primary N) is 1. The van der Waals surface area contributed by atoms with Gasteiger partial charge in [0.05, 0.1) is 23.9 Å². The SMILES string of the molecule is CN=C(C(F)=CN)N1CC(C(=O)NCc2c(C)nc3ccccn23)C1. The van der Waals surface area contributed by atoms with Crippen molar-refractivity contribution >= 4 is 17.4 Å². The monoisotopic (exact) mass is 344 g/mol. The third-order valence-corrected chi connectivity index (χ3v) is 4.38. The van der Waals surface area contributed by atoms with Gasteiger partial charge in [0, 0.05) is 32.5 Å². The minimum atomic E-state index is -0.581. The van der Waals surface area contributed by atoms with E-state index in [1.165, 1.54) is 7.05 Å². The van der Waals surface area contributed by atoms with Crippen molar-refractivity contribution in [3.63, 3.8) is 0 Å². The molecule has 0 bridgehead atoms. The number of nitrogens with one attached hydrogen (secondary N) is 1. The van der Waals surface area contributed by atoms with Gasteiger partial charge in [0.2, 0.25) is 5.91 Å². The fourth-order valence-electron chi connectivity index (χ4n) is 2.98. The zero-order valence-electron chi connectivity index (χ0n) is 14.2. The topological polar surface area (TPSA) is 88.0 Å². The molecule has 1 aliphatic heterocycles. The first-order valence-electron chi connectivity index (χ1n) is 8.05. The van der Waals surface area contributed by atoms with Crippen molar-refractivity contribution in [3.8, 4) is 0 Å². The molecule has 0 unspecified atom stereocenters. The van der Waals surface area contributed by atoms with E-state index >= 15 is 0 Å². The number of pyridine rings is 1. The summed E-state index contributed by atoms with van der Waals surface area (Å²) >= 11 is 0. The van der Waals surface area contributed by atoms with Crippen LogP contribution >= 0.6 is 0 Å². The van der Waals surface area contributed by atoms with Gasteiger partial charge in [-0.15, -0.1) is 0 Å². The number of aliphatic imine (C=N–C) groups is 1. The normalized spacial score (nSPS) is 16.2. The molecule has 2 aromatic heterocycles. The van der Waals surface area contributed by atoms with Crippen LogP contribution in [0.2, 0.25) is 0 Å². The van der Waals surface area contributed by atoms with E-state index in [0.717, 1.165) is 23.2 Å². The van der Waals surface area contributed by atoms with E-state index in [9.17, 15) is 9.18 Å². The molecule has 1 fully saturated rings. The number of imidazole rings is 1. The molecule has 0 atom stereocenters. The van der Waals surface area contributed by atoms with Crippen molar-refractivity contribution in [1.82, 2.24) is 19.6 Å². The predicted octanol–water partition coefficient (Wildman–Crippen LogP) is 0.989. The van der Waals surface area contributed by atoms with Crippen molar-refractivity contribution in [2.24, 2.45) is 16.6 Å². The minimum Gasteiger partial charge on any atom is -0.402 e. The third kappa shape index (κ3) is 3.19. The number of carbonyl (C=O) groups excluding carboxylic acids is 1. The number of likely N-dealkylation sites (tertiary alicyclic amines) is 1. The number of amides is 1. The molecule has 1 saturated heterocycles. The standard InChI is InChI=1S/C17H21FN6O/c1-11-14(24-6-4-3-5-15(24)22-11)8-21-17(25)12-9-23(10-12)16(20-2)13(18)7-19/h3-7,12H,8-10,19H2,1-2H3,(H,21,25). The summed E-state index contributed by atoms with van der Waals surface area (Å²) in [4.78, 5) is 22.4. The molecule has 25 heavy (non-hydrogen) atoms. The highest BCUT2D eigenvalue weighted by Crippen LogP contribution is 2.20. The van der Waals surface area contributed by atoms with E-state index in [0.29, 0.717) is 19.6 Å². The molecule has 0 aliphatic carbocycles. The molecule has 1 amide bonds. The van der Waals surface area contributed by atoms with Crippen LogP contribution in [0.15, 0.2) is 41.4 Å². The van der Waals surface area contributed by atoms with Gasteiger partial charge in [-0.1, -0.05) is 6.07 Å². The van der Waals surface area contributed by atoms with Crippen LogP contribution in [-0.2, 0) is 11.3 Å². The van der Waals surface area contributed by atoms with Crippen LogP contribution in [0, 0.1) is 12.8 Å². The smallest absolute Gasteiger partial charge is 0.227 e. The number of carbonyl (C=O) groups is 1. The van der Waals surface area contributed by atoms with E-state index in [-0.39, 0.29) is 17.7 Å². The quantitative estimate of drug-likeness (QED) is 0.639. The Morgan fingerprint density at radius 3 is 2.96 bits per heavy atom. The summed E-state index contributed by atoms with van der Waals surface area (Å²) in [6.07, 6.45) is 2.80. The number of fused-ring (bicyclic) bond motifs is 1. The maximum atomic E-state index is 13.6. The summed E-state index contributed by atoms with van der Waals surface area (Å²) < 4.78 is 15.5. The summed E-state index contributed by atoms with van der Waals surface area (Å²) in [7, 11) is 1.50. The molecule has 7 nitrogen and oxygen atoms in total. The van der Waals surface area contributed by atoms with Crippen molar-refractivity contribution < 1.29 is 9.18 Å². The number of hydrogen-bond donors (Lipinski definition) is 2. The highest BCUT2D eigenvalue weighted by molar-refractivity contribution is 5.97. The number of halogens is 1. The molecule has 2 aromatic rings. The molecule has 0 radical (unpaired) electrons. The molecule has 0 spiro atoms. The van der Waals surface area contributed by atoms with Crippen LogP contribution in [0.1, 0.15) is 11.4 Å². The minimum absolute atomic E-state index is 0.0610. The second-order valence-electron chi connectivity index (χ2n) is 5.95. The van der Waals surface area contributed by atoms with Gasteiger partial charge in [-0.05, 0) is 19.1 Å². The summed E-state index contributed by atoms with van der Waals surface area (Å²) in [5.74, 6) is -0.650. The Morgan fingerprint density at radius 1 is 1.52 bits per heavy atom. The van der Waals surface area contributed by atoms with Crippen molar-refractivity contribution in [2.45, 2.75) is 13.5 Å². The molecule has 3 heterocycles. The van der Waals surface area contributed by atoms with E-state index in [1.54, 1.807) is 4.90 Å². The summed E-state index contributed by atoms with van der Waals surface area (Å²) in [6, 6.07) is 5.77. The number of amidine groups is 1. The van der Waals surface area contributed by atoms with Crippen molar-refractivity contribution in [1.29, 1.82) is 0 Å². The maximum absolute atomic E-state index is 13.6. The zero-order chi connectivity index (χ0) is 18.0. The number of nitrogens with zero attached hydrogens (tertiary/aromatic N) is 4. The van der Waals surface area contributed by atoms with Gasteiger partial charge in [0.15, 0.2) is 11.7 Å². The van der Waals surface area contributed by atoms with Gasteiger partial charge in [-0.25, -0.2) is 9.37 Å². The Labute approximate surface area is 145 Å². The highest BCUT2D eigenvalue weighted by Gasteiger charge is 2.35. The van der Waals surface area contributed by atoms with Crippen LogP contribution in [0.4, 0.5) is 4.39 Å². The van der Waals surface area contributed by atoms with Gasteiger partial charge in [0.25, 0.3) is 0 Å². The molecule has 132 valence electrons. The molecule has 0 aromatic carbocycles. The number of aryl methyl sites for hydroxylation is 1. The second-order valence-corrected chi connectivity index (χ2v) is 5.95. The van der Waals surface area contributed by atoms with Gasteiger partial charge >= 0.3 is 0 Å². The van der Waals surface area contributed by atoms with Crippen LogP contribution in [0.5, 0.6) is 0 Å². The lowest BCUT2D eigenvalue weighted by Crippen LogP contribution is -2.55. The van der Waals surface area contributed by atoms with E-state index in [2.05, 4.69) is 15.3 Å². The molecular formula is C17H21FN6O. The summed E-state index contributed by atoms with van der Waals surface area (Å²) in [5, 5.41) is 2.94. The zero-order valence-corrected chi connectivity index (χ0v) is 14.2. The average molecular weight is 344 g/mol. The van der Waals surface area contributed by atoms with Crippen LogP contribution < -0.4 is 11.1 Å². The number of aromatic nitrogens is 2. The molecule has 8 heteroatoms. The Hall–Kier alpha value is -2.90. The lowest BCUT2D eigenvalue weighted by atomic mass is 9.98. The number of hydrogen-bond acceptors (Lipinski definition) is 4. The average Bonchev–Trinajstić information content (AvgIpc) is 2.90. The lowest BCUT2D eigenvalue weighted by Gasteiger charge is -2.39. The third-order valence-electron chi connectivity index (χ3n) is 4.38. The first-order valence-corrected chi connectivity index (χ1v) is 8.05. The first-order chi connectivity index (χ1) is 12.0. The lowest BCUT2D eigenvalue weighted by molar-refractivity contribution is -0.128. The first kappa shape index (κ1) is 16.9. The molecule has 3 rings (SSSR count). The van der Waals surface area contributed by atoms with Gasteiger partial charge < -0.3 is 20.4 Å². The molecule has 3 N–H and O–H groups in total. The Morgan fingerprint density at radius 2 is 2.28 bits per heavy atom. The summed E-state index contributed by atoms with van der Waals surface area (Å²) in [5.41, 5.74) is 7.88. The van der Waals surface area contributed by atoms with E-state index in [4.69, 9.17) is 5.73 Å². The highest BCUT2D eigenvalue weighted by atomic mass is 19.1. The fraction of sp³-hybridized carbons (Fsp3) is 0.353. The Balaban J connectivity index is 1.59. The second kappa shape index (κ2) is 6.92. The van der Waals surface area contributed by atoms with E-state index in [1.807, 2.05) is 35.7 Å². The van der Waals surface area contributed by atoms with Crippen LogP contribution in [0.3, 0.4) is 0 Å². The molecular weight excluding hydrogens is 323 g/mol. The fourth-order valence-corrected chi connectivity index (χ4v) is 2.98. The Bertz CT molecular complexity index is 850. The number of rotatable bonds is 4. The van der Waals surface area contributed by atoms with Crippen molar-refractivity contribution in [3.05, 3.63) is 47.8 Å². The predicted molar refractivity (Wildman–Crippen MR) is 93.6 cm³/mol. The van der Waals surface area contributed by atoms with Gasteiger partial charge in [-0.2, -0.15) is 0 Å². The maximum Gasteiger partial charge on any atom is 0.227 e. The van der Waals surface area contributed by atoms with Crippen LogP contribution in [0.25, 0.3) is 5.65 Å². The largest absolute Gasteiger partial charge is 0.402 e. The van der Waals surface area contributed by atoms with E-state index < -0.39 is 5.83 Å². The molecule has 1 aliphatic rings.